The molecule has 0 aliphatic carbocycles. The van der Waals surface area contributed by atoms with Crippen LogP contribution < -0.4 is 0 Å². The molecule has 9 heteroatoms. The molecule has 45 heavy (non-hydrogen) atoms. The lowest BCUT2D eigenvalue weighted by molar-refractivity contribution is -0.0232. The quantitative estimate of drug-likeness (QED) is 0.0474. The van der Waals surface area contributed by atoms with E-state index in [9.17, 15) is 0 Å². The van der Waals surface area contributed by atoms with Gasteiger partial charge in [-0.3, -0.25) is 0 Å². The zero-order valence-electron chi connectivity index (χ0n) is 29.4. The predicted molar refractivity (Wildman–Crippen MR) is 186 cm³/mol. The molecule has 0 saturated carbocycles. The maximum atomic E-state index is 5.68. The third kappa shape index (κ3) is 44.0. The molecule has 0 amide bonds. The second-order valence-electron chi connectivity index (χ2n) is 11.6. The van der Waals surface area contributed by atoms with Crippen molar-refractivity contribution < 1.29 is 37.9 Å². The minimum Gasteiger partial charge on any atom is -0.379 e. The molecule has 0 aromatic carbocycles. The highest BCUT2D eigenvalue weighted by atomic mass is 35.5. The largest absolute Gasteiger partial charge is 0.379 e. The Morgan fingerprint density at radius 2 is 0.444 bits per heavy atom. The molecular formula is C36H73ClO8. The number of hydrogen-bond donors (Lipinski definition) is 0. The number of halogens is 1. The fraction of sp³-hybridized carbons (Fsp3) is 1.00. The number of unbranched alkanes of at least 4 members (excludes halogenated alkanes) is 16. The van der Waals surface area contributed by atoms with E-state index in [1.807, 2.05) is 0 Å². The predicted octanol–water partition coefficient (Wildman–Crippen LogP) is 8.40. The van der Waals surface area contributed by atoms with E-state index in [2.05, 4.69) is 6.92 Å². The molecule has 8 nitrogen and oxygen atoms in total. The Kier molecular flexibility index (Phi) is 43.9. The first kappa shape index (κ1) is 45.0. The Morgan fingerprint density at radius 3 is 0.689 bits per heavy atom. The van der Waals surface area contributed by atoms with Crippen LogP contribution in [-0.4, -0.2) is 112 Å². The summed E-state index contributed by atoms with van der Waals surface area (Å²) < 4.78 is 44.3. The van der Waals surface area contributed by atoms with Gasteiger partial charge < -0.3 is 37.9 Å². The Bertz CT molecular complexity index is 462. The Hall–Kier alpha value is -0.0300. The summed E-state index contributed by atoms with van der Waals surface area (Å²) in [6.45, 7) is 12.0. The number of ether oxygens (including phenoxy) is 8. The van der Waals surface area contributed by atoms with Crippen molar-refractivity contribution in [2.24, 2.45) is 0 Å². The average Bonchev–Trinajstić information content (AvgIpc) is 3.05. The molecule has 0 N–H and O–H groups in total. The highest BCUT2D eigenvalue weighted by molar-refractivity contribution is 6.17. The van der Waals surface area contributed by atoms with Crippen LogP contribution >= 0.6 is 11.6 Å². The van der Waals surface area contributed by atoms with E-state index in [-0.39, 0.29) is 0 Å². The molecule has 0 heterocycles. The van der Waals surface area contributed by atoms with Gasteiger partial charge in [0, 0.05) is 19.1 Å². The van der Waals surface area contributed by atoms with Gasteiger partial charge in [-0.15, -0.1) is 11.6 Å². The summed E-state index contributed by atoms with van der Waals surface area (Å²) >= 11 is 5.66. The van der Waals surface area contributed by atoms with Gasteiger partial charge in [-0.25, -0.2) is 0 Å². The van der Waals surface area contributed by atoms with Crippen LogP contribution in [0, 0.1) is 0 Å². The Labute approximate surface area is 283 Å². The summed E-state index contributed by atoms with van der Waals surface area (Å²) in [7, 11) is 0. The smallest absolute Gasteiger partial charge is 0.0701 e. The molecule has 0 unspecified atom stereocenters. The first-order valence-corrected chi connectivity index (χ1v) is 19.1. The standard InChI is InChI=1S/C36H73ClO8/c1-2-3-4-5-6-7-8-9-10-11-12-13-15-18-21-38-23-25-40-27-29-42-31-33-44-35-36-45-34-32-43-30-28-41-26-24-39-22-19-16-14-17-20-37/h2-36H2,1H3. The molecule has 0 bridgehead atoms. The Morgan fingerprint density at radius 1 is 0.244 bits per heavy atom. The molecule has 0 fully saturated rings. The van der Waals surface area contributed by atoms with Crippen LogP contribution in [0.3, 0.4) is 0 Å². The lowest BCUT2D eigenvalue weighted by atomic mass is 10.0. The molecule has 0 aliphatic heterocycles. The van der Waals surface area contributed by atoms with Crippen LogP contribution in [-0.2, 0) is 37.9 Å². The van der Waals surface area contributed by atoms with Crippen LogP contribution in [0.25, 0.3) is 0 Å². The first-order chi connectivity index (χ1) is 22.4. The van der Waals surface area contributed by atoms with Gasteiger partial charge in [-0.2, -0.15) is 0 Å². The van der Waals surface area contributed by atoms with Crippen LogP contribution in [0.2, 0.25) is 0 Å². The van der Waals surface area contributed by atoms with Crippen LogP contribution in [0.15, 0.2) is 0 Å². The third-order valence-electron chi connectivity index (χ3n) is 7.42. The average molecular weight is 669 g/mol. The van der Waals surface area contributed by atoms with E-state index in [0.29, 0.717) is 92.5 Å². The summed E-state index contributed by atoms with van der Waals surface area (Å²) in [5.74, 6) is 0.751. The third-order valence-corrected chi connectivity index (χ3v) is 7.69. The number of rotatable bonds is 42. The number of alkyl halides is 1. The normalized spacial score (nSPS) is 11.6. The molecule has 0 aliphatic rings. The van der Waals surface area contributed by atoms with E-state index < -0.39 is 0 Å². The van der Waals surface area contributed by atoms with Gasteiger partial charge in [-0.1, -0.05) is 103 Å². The van der Waals surface area contributed by atoms with Crippen molar-refractivity contribution in [1.82, 2.24) is 0 Å². The highest BCUT2D eigenvalue weighted by Crippen LogP contribution is 2.13. The second kappa shape index (κ2) is 44.0. The van der Waals surface area contributed by atoms with E-state index in [4.69, 9.17) is 49.5 Å². The Balaban J connectivity index is 3.03. The minimum atomic E-state index is 0.547. The fourth-order valence-electron chi connectivity index (χ4n) is 4.69. The maximum Gasteiger partial charge on any atom is 0.0701 e. The van der Waals surface area contributed by atoms with Gasteiger partial charge in [0.05, 0.1) is 92.5 Å². The first-order valence-electron chi connectivity index (χ1n) is 18.6. The van der Waals surface area contributed by atoms with Crippen molar-refractivity contribution in [3.05, 3.63) is 0 Å². The highest BCUT2D eigenvalue weighted by Gasteiger charge is 1.97. The van der Waals surface area contributed by atoms with Gasteiger partial charge in [0.15, 0.2) is 0 Å². The van der Waals surface area contributed by atoms with E-state index in [1.54, 1.807) is 0 Å². The van der Waals surface area contributed by atoms with Gasteiger partial charge in [0.1, 0.15) is 0 Å². The molecular weight excluding hydrogens is 596 g/mol. The molecule has 0 aromatic heterocycles. The van der Waals surface area contributed by atoms with Gasteiger partial charge >= 0.3 is 0 Å². The lowest BCUT2D eigenvalue weighted by Gasteiger charge is -2.09. The molecule has 0 rings (SSSR count). The topological polar surface area (TPSA) is 73.8 Å². The summed E-state index contributed by atoms with van der Waals surface area (Å²) in [6, 6.07) is 0. The fourth-order valence-corrected chi connectivity index (χ4v) is 4.88. The monoisotopic (exact) mass is 668 g/mol. The van der Waals surface area contributed by atoms with Crippen molar-refractivity contribution in [2.75, 3.05) is 112 Å². The zero-order valence-corrected chi connectivity index (χ0v) is 30.1. The van der Waals surface area contributed by atoms with Crippen LogP contribution in [0.5, 0.6) is 0 Å². The van der Waals surface area contributed by atoms with Gasteiger partial charge in [-0.05, 0) is 19.3 Å². The molecule has 0 spiro atoms. The lowest BCUT2D eigenvalue weighted by Crippen LogP contribution is -2.15. The van der Waals surface area contributed by atoms with E-state index >= 15 is 0 Å². The van der Waals surface area contributed by atoms with E-state index in [0.717, 1.165) is 38.4 Å². The van der Waals surface area contributed by atoms with Crippen LogP contribution in [0.1, 0.15) is 122 Å². The van der Waals surface area contributed by atoms with Crippen molar-refractivity contribution in [2.45, 2.75) is 122 Å². The molecule has 0 aromatic rings. The van der Waals surface area contributed by atoms with Crippen molar-refractivity contribution >= 4 is 11.6 Å². The SMILES string of the molecule is CCCCCCCCCCCCCCCCOCCOCCOCCOCCOCCOCCOCCOCCCCCCCl. The second-order valence-corrected chi connectivity index (χ2v) is 12.0. The number of hydrogen-bond acceptors (Lipinski definition) is 8. The zero-order chi connectivity index (χ0) is 32.4. The van der Waals surface area contributed by atoms with Gasteiger partial charge in [0.25, 0.3) is 0 Å². The van der Waals surface area contributed by atoms with E-state index in [1.165, 1.54) is 96.3 Å². The van der Waals surface area contributed by atoms with Crippen molar-refractivity contribution in [3.8, 4) is 0 Å². The molecule has 0 radical (unpaired) electrons. The maximum absolute atomic E-state index is 5.68. The summed E-state index contributed by atoms with van der Waals surface area (Å²) in [4.78, 5) is 0. The molecule has 0 saturated heterocycles. The summed E-state index contributed by atoms with van der Waals surface area (Å²) in [5, 5.41) is 0. The minimum absolute atomic E-state index is 0.547. The summed E-state index contributed by atoms with van der Waals surface area (Å²) in [5.41, 5.74) is 0. The molecule has 272 valence electrons. The van der Waals surface area contributed by atoms with Crippen molar-refractivity contribution in [1.29, 1.82) is 0 Å². The van der Waals surface area contributed by atoms with Crippen LogP contribution in [0.4, 0.5) is 0 Å². The molecule has 0 atom stereocenters. The van der Waals surface area contributed by atoms with Crippen molar-refractivity contribution in [3.63, 3.8) is 0 Å². The summed E-state index contributed by atoms with van der Waals surface area (Å²) in [6.07, 6.45) is 23.9. The van der Waals surface area contributed by atoms with Gasteiger partial charge in [0.2, 0.25) is 0 Å².